The van der Waals surface area contributed by atoms with Gasteiger partial charge in [0.15, 0.2) is 0 Å². The van der Waals surface area contributed by atoms with Crippen LogP contribution in [0, 0.1) is 0 Å². The van der Waals surface area contributed by atoms with Gasteiger partial charge in [0.1, 0.15) is 5.56 Å². The van der Waals surface area contributed by atoms with Crippen molar-refractivity contribution in [2.45, 2.75) is 26.3 Å². The highest BCUT2D eigenvalue weighted by atomic mass is 16.2. The summed E-state index contributed by atoms with van der Waals surface area (Å²) in [4.78, 5) is 26.5. The van der Waals surface area contributed by atoms with Crippen molar-refractivity contribution in [1.29, 1.82) is 0 Å². The fourth-order valence-corrected chi connectivity index (χ4v) is 1.72. The molecule has 0 aliphatic carbocycles. The summed E-state index contributed by atoms with van der Waals surface area (Å²) in [5.74, 6) is -0.352. The molecule has 1 aromatic carbocycles. The van der Waals surface area contributed by atoms with E-state index in [2.05, 4.69) is 10.3 Å². The van der Waals surface area contributed by atoms with E-state index in [0.717, 1.165) is 10.9 Å². The average molecular weight is 244 g/mol. The molecule has 0 spiro atoms. The fraction of sp³-hybridized carbons (Fsp3) is 0.286. The Labute approximate surface area is 105 Å². The normalized spacial score (nSPS) is 11.5. The molecule has 0 fully saturated rings. The SMILES string of the molecule is CC(C)(C)NC(=O)c1cc2ccccc2[nH]c1=O. The maximum atomic E-state index is 12.0. The van der Waals surface area contributed by atoms with Crippen LogP contribution in [0.15, 0.2) is 35.1 Å². The number of carbonyl (C=O) groups excluding carboxylic acids is 1. The second-order valence-corrected chi connectivity index (χ2v) is 5.30. The molecular weight excluding hydrogens is 228 g/mol. The van der Waals surface area contributed by atoms with Crippen molar-refractivity contribution >= 4 is 16.8 Å². The van der Waals surface area contributed by atoms with E-state index < -0.39 is 0 Å². The molecule has 1 aromatic heterocycles. The first-order valence-electron chi connectivity index (χ1n) is 5.81. The number of para-hydroxylation sites is 1. The predicted octanol–water partition coefficient (Wildman–Crippen LogP) is 2.06. The van der Waals surface area contributed by atoms with E-state index >= 15 is 0 Å². The summed E-state index contributed by atoms with van der Waals surface area (Å²) in [5.41, 5.74) is 0.142. The Balaban J connectivity index is 2.48. The molecular formula is C14H16N2O2. The van der Waals surface area contributed by atoms with Gasteiger partial charge in [-0.25, -0.2) is 0 Å². The molecule has 0 aliphatic heterocycles. The van der Waals surface area contributed by atoms with Crippen LogP contribution in [0.1, 0.15) is 31.1 Å². The molecule has 2 rings (SSSR count). The molecule has 94 valence electrons. The van der Waals surface area contributed by atoms with Crippen molar-refractivity contribution in [3.05, 3.63) is 46.2 Å². The molecule has 2 aromatic rings. The third-order valence-electron chi connectivity index (χ3n) is 2.49. The Morgan fingerprint density at radius 1 is 1.22 bits per heavy atom. The van der Waals surface area contributed by atoms with Gasteiger partial charge in [-0.3, -0.25) is 9.59 Å². The van der Waals surface area contributed by atoms with Gasteiger partial charge >= 0.3 is 0 Å². The summed E-state index contributed by atoms with van der Waals surface area (Å²) < 4.78 is 0. The van der Waals surface area contributed by atoms with E-state index in [9.17, 15) is 9.59 Å². The monoisotopic (exact) mass is 244 g/mol. The highest BCUT2D eigenvalue weighted by Gasteiger charge is 2.18. The van der Waals surface area contributed by atoms with E-state index in [1.165, 1.54) is 0 Å². The number of aromatic nitrogens is 1. The number of rotatable bonds is 1. The first-order chi connectivity index (χ1) is 8.37. The minimum atomic E-state index is -0.366. The molecule has 18 heavy (non-hydrogen) atoms. The van der Waals surface area contributed by atoms with Gasteiger partial charge in [0, 0.05) is 11.1 Å². The van der Waals surface area contributed by atoms with Crippen LogP contribution in [-0.4, -0.2) is 16.4 Å². The van der Waals surface area contributed by atoms with E-state index in [-0.39, 0.29) is 22.6 Å². The number of nitrogens with one attached hydrogen (secondary N) is 2. The van der Waals surface area contributed by atoms with Gasteiger partial charge < -0.3 is 10.3 Å². The van der Waals surface area contributed by atoms with Crippen molar-refractivity contribution in [2.75, 3.05) is 0 Å². The first kappa shape index (κ1) is 12.4. The maximum Gasteiger partial charge on any atom is 0.261 e. The zero-order valence-corrected chi connectivity index (χ0v) is 10.7. The van der Waals surface area contributed by atoms with Crippen molar-refractivity contribution in [3.63, 3.8) is 0 Å². The molecule has 0 unspecified atom stereocenters. The van der Waals surface area contributed by atoms with Crippen molar-refractivity contribution < 1.29 is 4.79 Å². The molecule has 0 atom stereocenters. The topological polar surface area (TPSA) is 62.0 Å². The zero-order chi connectivity index (χ0) is 13.3. The zero-order valence-electron chi connectivity index (χ0n) is 10.7. The lowest BCUT2D eigenvalue weighted by atomic mass is 10.1. The van der Waals surface area contributed by atoms with Gasteiger partial charge in [0.25, 0.3) is 11.5 Å². The second-order valence-electron chi connectivity index (χ2n) is 5.30. The van der Waals surface area contributed by atoms with Crippen LogP contribution in [0.4, 0.5) is 0 Å². The van der Waals surface area contributed by atoms with Crippen LogP contribution >= 0.6 is 0 Å². The smallest absolute Gasteiger partial charge is 0.261 e. The number of pyridine rings is 1. The number of fused-ring (bicyclic) bond motifs is 1. The quantitative estimate of drug-likeness (QED) is 0.806. The third kappa shape index (κ3) is 2.59. The van der Waals surface area contributed by atoms with Gasteiger partial charge in [0.05, 0.1) is 0 Å². The van der Waals surface area contributed by atoms with Gasteiger partial charge in [-0.2, -0.15) is 0 Å². The Hall–Kier alpha value is -2.10. The maximum absolute atomic E-state index is 12.0. The Kier molecular flexibility index (Phi) is 2.95. The summed E-state index contributed by atoms with van der Waals surface area (Å²) in [6.07, 6.45) is 0. The average Bonchev–Trinajstić information content (AvgIpc) is 2.25. The number of carbonyl (C=O) groups is 1. The molecule has 0 saturated carbocycles. The number of aromatic amines is 1. The Morgan fingerprint density at radius 2 is 1.89 bits per heavy atom. The highest BCUT2D eigenvalue weighted by Crippen LogP contribution is 2.10. The molecule has 0 bridgehead atoms. The van der Waals surface area contributed by atoms with Crippen LogP contribution in [0.25, 0.3) is 10.9 Å². The molecule has 4 heteroatoms. The van der Waals surface area contributed by atoms with Crippen LogP contribution in [0.2, 0.25) is 0 Å². The molecule has 1 heterocycles. The lowest BCUT2D eigenvalue weighted by Crippen LogP contribution is -2.42. The van der Waals surface area contributed by atoms with E-state index in [1.807, 2.05) is 45.0 Å². The highest BCUT2D eigenvalue weighted by molar-refractivity contribution is 5.97. The van der Waals surface area contributed by atoms with Crippen LogP contribution < -0.4 is 10.9 Å². The number of hydrogen-bond donors (Lipinski definition) is 2. The minimum Gasteiger partial charge on any atom is -0.347 e. The van der Waals surface area contributed by atoms with E-state index in [1.54, 1.807) is 6.07 Å². The predicted molar refractivity (Wildman–Crippen MR) is 71.8 cm³/mol. The van der Waals surface area contributed by atoms with Gasteiger partial charge in [0.2, 0.25) is 0 Å². The molecule has 4 nitrogen and oxygen atoms in total. The number of H-pyrrole nitrogens is 1. The molecule has 0 radical (unpaired) electrons. The summed E-state index contributed by atoms with van der Waals surface area (Å²) in [7, 11) is 0. The summed E-state index contributed by atoms with van der Waals surface area (Å²) in [6.45, 7) is 5.63. The Morgan fingerprint density at radius 3 is 2.56 bits per heavy atom. The lowest BCUT2D eigenvalue weighted by Gasteiger charge is -2.20. The molecule has 0 aliphatic rings. The van der Waals surface area contributed by atoms with Gasteiger partial charge in [-0.1, -0.05) is 18.2 Å². The van der Waals surface area contributed by atoms with Crippen LogP contribution in [0.5, 0.6) is 0 Å². The van der Waals surface area contributed by atoms with Crippen LogP contribution in [-0.2, 0) is 0 Å². The second kappa shape index (κ2) is 4.29. The fourth-order valence-electron chi connectivity index (χ4n) is 1.72. The number of amides is 1. The van der Waals surface area contributed by atoms with Crippen molar-refractivity contribution in [3.8, 4) is 0 Å². The minimum absolute atomic E-state index is 0.142. The largest absolute Gasteiger partial charge is 0.347 e. The van der Waals surface area contributed by atoms with Crippen LogP contribution in [0.3, 0.4) is 0 Å². The van der Waals surface area contributed by atoms with Crippen molar-refractivity contribution in [1.82, 2.24) is 10.3 Å². The Bertz CT molecular complexity index is 651. The first-order valence-corrected chi connectivity index (χ1v) is 5.81. The molecule has 2 N–H and O–H groups in total. The van der Waals surface area contributed by atoms with Gasteiger partial charge in [-0.05, 0) is 38.3 Å². The standard InChI is InChI=1S/C14H16N2O2/c1-14(2,3)16-13(18)10-8-9-6-4-5-7-11(9)15-12(10)17/h4-8H,1-3H3,(H,15,17)(H,16,18). The van der Waals surface area contributed by atoms with Crippen molar-refractivity contribution in [2.24, 2.45) is 0 Å². The lowest BCUT2D eigenvalue weighted by molar-refractivity contribution is 0.0918. The van der Waals surface area contributed by atoms with E-state index in [0.29, 0.717) is 0 Å². The number of hydrogen-bond acceptors (Lipinski definition) is 2. The number of benzene rings is 1. The third-order valence-corrected chi connectivity index (χ3v) is 2.49. The summed E-state index contributed by atoms with van der Waals surface area (Å²) in [6, 6.07) is 9.00. The summed E-state index contributed by atoms with van der Waals surface area (Å²) in [5, 5.41) is 3.63. The van der Waals surface area contributed by atoms with E-state index in [4.69, 9.17) is 0 Å². The molecule has 1 amide bonds. The molecule has 0 saturated heterocycles. The summed E-state index contributed by atoms with van der Waals surface area (Å²) >= 11 is 0. The van der Waals surface area contributed by atoms with Gasteiger partial charge in [-0.15, -0.1) is 0 Å².